The molecule has 0 bridgehead atoms. The van der Waals surface area contributed by atoms with Crippen molar-refractivity contribution < 1.29 is 4.39 Å². The second kappa shape index (κ2) is 3.66. The van der Waals surface area contributed by atoms with Gasteiger partial charge in [0.05, 0.1) is 0 Å². The van der Waals surface area contributed by atoms with E-state index in [-0.39, 0.29) is 5.82 Å². The fourth-order valence-corrected chi connectivity index (χ4v) is 1.73. The number of hydrogen-bond acceptors (Lipinski definition) is 2. The van der Waals surface area contributed by atoms with E-state index in [1.54, 1.807) is 18.2 Å². The van der Waals surface area contributed by atoms with Crippen molar-refractivity contribution in [3.8, 4) is 5.69 Å². The van der Waals surface area contributed by atoms with Gasteiger partial charge in [0.25, 0.3) is 0 Å². The topological polar surface area (TPSA) is 43.8 Å². The Morgan fingerprint density at radius 1 is 1.40 bits per heavy atom. The van der Waals surface area contributed by atoms with Gasteiger partial charge < -0.3 is 5.73 Å². The lowest BCUT2D eigenvalue weighted by Gasteiger charge is -2.05. The van der Waals surface area contributed by atoms with E-state index in [1.165, 1.54) is 10.7 Å². The fraction of sp³-hybridized carbons (Fsp3) is 0.100. The Bertz CT molecular complexity index is 507. The van der Waals surface area contributed by atoms with Crippen LogP contribution in [0.3, 0.4) is 0 Å². The number of aromatic nitrogens is 2. The van der Waals surface area contributed by atoms with Crippen molar-refractivity contribution in [3.05, 3.63) is 40.2 Å². The first-order valence-electron chi connectivity index (χ1n) is 4.35. The minimum absolute atomic E-state index is 0.337. The van der Waals surface area contributed by atoms with Crippen LogP contribution in [0.15, 0.2) is 28.7 Å². The summed E-state index contributed by atoms with van der Waals surface area (Å²) in [7, 11) is 0. The molecule has 78 valence electrons. The van der Waals surface area contributed by atoms with Gasteiger partial charge in [-0.3, -0.25) is 0 Å². The van der Waals surface area contributed by atoms with Crippen molar-refractivity contribution in [2.75, 3.05) is 5.73 Å². The zero-order valence-corrected chi connectivity index (χ0v) is 9.62. The number of anilines is 1. The zero-order valence-electron chi connectivity index (χ0n) is 8.04. The molecular weight excluding hydrogens is 261 g/mol. The summed E-state index contributed by atoms with van der Waals surface area (Å²) in [6.07, 6.45) is 0. The van der Waals surface area contributed by atoms with Gasteiger partial charge in [-0.2, -0.15) is 5.10 Å². The minimum Gasteiger partial charge on any atom is -0.382 e. The van der Waals surface area contributed by atoms with Crippen molar-refractivity contribution in [1.29, 1.82) is 0 Å². The molecule has 0 spiro atoms. The lowest BCUT2D eigenvalue weighted by atomic mass is 10.3. The molecule has 2 rings (SSSR count). The molecule has 0 atom stereocenters. The Morgan fingerprint density at radius 3 is 2.67 bits per heavy atom. The summed E-state index contributed by atoms with van der Waals surface area (Å²) in [5, 5.41) is 4.01. The average Bonchev–Trinajstić information content (AvgIpc) is 2.45. The molecule has 0 saturated heterocycles. The van der Waals surface area contributed by atoms with Crippen LogP contribution in [0, 0.1) is 12.7 Å². The first-order chi connectivity index (χ1) is 7.08. The van der Waals surface area contributed by atoms with Gasteiger partial charge in [-0.1, -0.05) is 15.9 Å². The minimum atomic E-state index is -0.337. The molecule has 15 heavy (non-hydrogen) atoms. The smallest absolute Gasteiger partial charge is 0.149 e. The molecule has 0 radical (unpaired) electrons. The van der Waals surface area contributed by atoms with Crippen LogP contribution in [0.2, 0.25) is 0 Å². The lowest BCUT2D eigenvalue weighted by molar-refractivity contribution is 0.608. The summed E-state index contributed by atoms with van der Waals surface area (Å²) in [6.45, 7) is 1.82. The number of nitrogen functional groups attached to an aromatic ring is 1. The van der Waals surface area contributed by atoms with Crippen LogP contribution in [0.4, 0.5) is 10.2 Å². The normalized spacial score (nSPS) is 10.6. The van der Waals surface area contributed by atoms with E-state index in [0.29, 0.717) is 16.0 Å². The highest BCUT2D eigenvalue weighted by Crippen LogP contribution is 2.20. The van der Waals surface area contributed by atoms with Gasteiger partial charge in [-0.15, -0.1) is 0 Å². The van der Waals surface area contributed by atoms with Gasteiger partial charge >= 0.3 is 0 Å². The van der Waals surface area contributed by atoms with E-state index >= 15 is 0 Å². The van der Waals surface area contributed by atoms with Gasteiger partial charge in [-0.05, 0) is 25.1 Å². The fourth-order valence-electron chi connectivity index (χ4n) is 1.40. The summed E-state index contributed by atoms with van der Waals surface area (Å²) < 4.78 is 15.8. The van der Waals surface area contributed by atoms with E-state index < -0.39 is 0 Å². The molecule has 1 aromatic heterocycles. The van der Waals surface area contributed by atoms with Crippen LogP contribution in [0.1, 0.15) is 5.69 Å². The second-order valence-corrected chi connectivity index (χ2v) is 4.13. The molecule has 0 amide bonds. The third-order valence-corrected chi connectivity index (χ3v) is 2.54. The molecule has 1 heterocycles. The predicted molar refractivity (Wildman–Crippen MR) is 60.4 cm³/mol. The molecule has 5 heteroatoms. The van der Waals surface area contributed by atoms with Gasteiger partial charge in [0, 0.05) is 16.2 Å². The maximum Gasteiger partial charge on any atom is 0.149 e. The molecule has 2 aromatic rings. The Kier molecular flexibility index (Phi) is 2.48. The van der Waals surface area contributed by atoms with Crippen LogP contribution in [-0.2, 0) is 0 Å². The molecule has 1 aromatic carbocycles. The van der Waals surface area contributed by atoms with Gasteiger partial charge in [0.1, 0.15) is 17.3 Å². The average molecular weight is 270 g/mol. The number of aryl methyl sites for hydroxylation is 1. The molecule has 0 fully saturated rings. The van der Waals surface area contributed by atoms with E-state index in [4.69, 9.17) is 5.73 Å². The van der Waals surface area contributed by atoms with Crippen LogP contribution in [0.25, 0.3) is 5.69 Å². The molecule has 3 nitrogen and oxygen atoms in total. The van der Waals surface area contributed by atoms with E-state index in [0.717, 1.165) is 5.69 Å². The SMILES string of the molecule is Cc1cc(N)nn1-c1ccc(Br)cc1F. The standard InChI is InChI=1S/C10H9BrFN3/c1-6-4-10(13)14-15(6)9-3-2-7(11)5-8(9)12/h2-5H,1H3,(H2,13,14). The number of nitrogens with zero attached hydrogens (tertiary/aromatic N) is 2. The molecular formula is C10H9BrFN3. The highest BCUT2D eigenvalue weighted by Gasteiger charge is 2.09. The van der Waals surface area contributed by atoms with Crippen molar-refractivity contribution in [1.82, 2.24) is 9.78 Å². The quantitative estimate of drug-likeness (QED) is 0.865. The number of rotatable bonds is 1. The van der Waals surface area contributed by atoms with Crippen LogP contribution in [-0.4, -0.2) is 9.78 Å². The van der Waals surface area contributed by atoms with Crippen LogP contribution in [0.5, 0.6) is 0 Å². The van der Waals surface area contributed by atoms with Crippen molar-refractivity contribution in [3.63, 3.8) is 0 Å². The van der Waals surface area contributed by atoms with Crippen LogP contribution < -0.4 is 5.73 Å². The molecule has 0 unspecified atom stereocenters. The molecule has 2 N–H and O–H groups in total. The predicted octanol–water partition coefficient (Wildman–Crippen LogP) is 2.66. The Balaban J connectivity index is 2.59. The molecule has 0 aliphatic rings. The van der Waals surface area contributed by atoms with Gasteiger partial charge in [0.15, 0.2) is 0 Å². The summed E-state index contributed by atoms with van der Waals surface area (Å²) >= 11 is 3.20. The van der Waals surface area contributed by atoms with E-state index in [1.807, 2.05) is 6.92 Å². The lowest BCUT2D eigenvalue weighted by Crippen LogP contribution is -2.02. The molecule has 0 saturated carbocycles. The third kappa shape index (κ3) is 1.87. The Labute approximate surface area is 94.8 Å². The van der Waals surface area contributed by atoms with Crippen LogP contribution >= 0.6 is 15.9 Å². The zero-order chi connectivity index (χ0) is 11.0. The molecule has 0 aliphatic carbocycles. The Morgan fingerprint density at radius 2 is 2.13 bits per heavy atom. The largest absolute Gasteiger partial charge is 0.382 e. The van der Waals surface area contributed by atoms with Crippen molar-refractivity contribution >= 4 is 21.7 Å². The third-order valence-electron chi connectivity index (χ3n) is 2.04. The van der Waals surface area contributed by atoms with E-state index in [9.17, 15) is 4.39 Å². The second-order valence-electron chi connectivity index (χ2n) is 3.22. The highest BCUT2D eigenvalue weighted by atomic mass is 79.9. The number of benzene rings is 1. The first-order valence-corrected chi connectivity index (χ1v) is 5.15. The maximum absolute atomic E-state index is 13.6. The van der Waals surface area contributed by atoms with Crippen molar-refractivity contribution in [2.45, 2.75) is 6.92 Å². The number of nitrogens with two attached hydrogens (primary N) is 1. The number of hydrogen-bond donors (Lipinski definition) is 1. The summed E-state index contributed by atoms with van der Waals surface area (Å²) in [6, 6.07) is 6.50. The molecule has 0 aliphatic heterocycles. The summed E-state index contributed by atoms with van der Waals surface area (Å²) in [5.41, 5.74) is 6.73. The number of halogens is 2. The van der Waals surface area contributed by atoms with Gasteiger partial charge in [-0.25, -0.2) is 9.07 Å². The monoisotopic (exact) mass is 269 g/mol. The van der Waals surface area contributed by atoms with Gasteiger partial charge in [0.2, 0.25) is 0 Å². The van der Waals surface area contributed by atoms with E-state index in [2.05, 4.69) is 21.0 Å². The summed E-state index contributed by atoms with van der Waals surface area (Å²) in [4.78, 5) is 0. The Hall–Kier alpha value is -1.36. The summed E-state index contributed by atoms with van der Waals surface area (Å²) in [5.74, 6) is 0.0467. The highest BCUT2D eigenvalue weighted by molar-refractivity contribution is 9.10. The van der Waals surface area contributed by atoms with Crippen molar-refractivity contribution in [2.24, 2.45) is 0 Å². The first kappa shape index (κ1) is 10.2. The maximum atomic E-state index is 13.6.